The van der Waals surface area contributed by atoms with Crippen LogP contribution in [0.1, 0.15) is 12.8 Å². The number of amides is 2. The van der Waals surface area contributed by atoms with Crippen molar-refractivity contribution in [3.63, 3.8) is 0 Å². The molecule has 0 bridgehead atoms. The number of piperidine rings is 1. The topological polar surface area (TPSA) is 58.2 Å². The van der Waals surface area contributed by atoms with Crippen molar-refractivity contribution < 1.29 is 46.7 Å². The van der Waals surface area contributed by atoms with Crippen molar-refractivity contribution in [2.24, 2.45) is 0 Å². The number of carbonyl (C=O) groups is 2. The second-order valence-electron chi connectivity index (χ2n) is 3.55. The molecule has 4 nitrogen and oxygen atoms in total. The largest absolute Gasteiger partial charge is 0.393 e. The number of carbonyl (C=O) groups excluding carboxylic acids is 2. The maximum absolute atomic E-state index is 13.3. The van der Waals surface area contributed by atoms with E-state index in [1.807, 2.05) is 0 Å². The van der Waals surface area contributed by atoms with E-state index in [2.05, 4.69) is 16.7 Å². The molecule has 0 aliphatic carbocycles. The molecule has 1 fully saturated rings. The van der Waals surface area contributed by atoms with Crippen molar-refractivity contribution >= 4 is 17.5 Å². The minimum atomic E-state index is -0.561. The molecule has 1 heterocycles. The number of benzene rings is 1. The normalized spacial score (nSPS) is 19.2. The third-order valence-electron chi connectivity index (χ3n) is 2.38. The van der Waals surface area contributed by atoms with Gasteiger partial charge in [0, 0.05) is 44.9 Å². The molecule has 1 saturated heterocycles. The molecule has 6 heteroatoms. The summed E-state index contributed by atoms with van der Waals surface area (Å²) in [5, 5.41) is 4.96. The van der Waals surface area contributed by atoms with Crippen LogP contribution in [0.5, 0.6) is 0 Å². The van der Waals surface area contributed by atoms with Gasteiger partial charge in [-0.3, -0.25) is 19.3 Å². The van der Waals surface area contributed by atoms with Crippen LogP contribution in [0, 0.1) is 11.9 Å². The fraction of sp³-hybridized carbons (Fsp3) is 0.273. The minimum Gasteiger partial charge on any atom is -0.393 e. The van der Waals surface area contributed by atoms with E-state index in [0.717, 1.165) is 0 Å². The summed E-state index contributed by atoms with van der Waals surface area (Å²) < 4.78 is 13.3. The molecule has 0 aromatic heterocycles. The predicted octanol–water partition coefficient (Wildman–Crippen LogP) is 0.840. The second-order valence-corrected chi connectivity index (χ2v) is 3.55. The zero-order valence-corrected chi connectivity index (χ0v) is 11.8. The summed E-state index contributed by atoms with van der Waals surface area (Å²) in [6, 6.07) is 6.27. The number of hydrogen-bond donors (Lipinski definition) is 2. The fourth-order valence-corrected chi connectivity index (χ4v) is 1.55. The zero-order valence-electron chi connectivity index (χ0n) is 9.00. The van der Waals surface area contributed by atoms with Gasteiger partial charge in [0.05, 0.1) is 0 Å². The van der Waals surface area contributed by atoms with E-state index in [4.69, 9.17) is 0 Å². The van der Waals surface area contributed by atoms with Crippen molar-refractivity contribution in [3.05, 3.63) is 30.1 Å². The van der Waals surface area contributed by atoms with Gasteiger partial charge in [-0.25, -0.2) is 0 Å². The van der Waals surface area contributed by atoms with Gasteiger partial charge in [-0.2, -0.15) is 12.1 Å². The van der Waals surface area contributed by atoms with Crippen molar-refractivity contribution in [3.8, 4) is 0 Å². The third kappa shape index (κ3) is 3.58. The van der Waals surface area contributed by atoms with Crippen LogP contribution >= 0.6 is 0 Å². The summed E-state index contributed by atoms with van der Waals surface area (Å²) >= 11 is 0. The second kappa shape index (κ2) is 6.21. The molecule has 17 heavy (non-hydrogen) atoms. The molecule has 0 saturated carbocycles. The van der Waals surface area contributed by atoms with Gasteiger partial charge >= 0.3 is 0 Å². The molecule has 1 atom stereocenters. The summed E-state index contributed by atoms with van der Waals surface area (Å²) in [6.45, 7) is 0. The maximum atomic E-state index is 13.3. The van der Waals surface area contributed by atoms with E-state index in [1.165, 1.54) is 12.1 Å². The first-order chi connectivity index (χ1) is 7.66. The number of hydrogen-bond acceptors (Lipinski definition) is 3. The van der Waals surface area contributed by atoms with Crippen LogP contribution in [0.3, 0.4) is 0 Å². The Morgan fingerprint density at radius 1 is 1.47 bits per heavy atom. The van der Waals surface area contributed by atoms with Crippen LogP contribution in [-0.4, -0.2) is 17.9 Å². The molecule has 1 radical (unpaired) electrons. The summed E-state index contributed by atoms with van der Waals surface area (Å²) in [5.74, 6) is -1.17. The molecule has 2 rings (SSSR count). The molecule has 1 aromatic carbocycles. The smallest absolute Gasteiger partial charge is 0.248 e. The van der Waals surface area contributed by atoms with Gasteiger partial charge in [0.25, 0.3) is 0 Å². The zero-order chi connectivity index (χ0) is 11.5. The van der Waals surface area contributed by atoms with E-state index in [9.17, 15) is 14.0 Å². The predicted molar refractivity (Wildman–Crippen MR) is 55.0 cm³/mol. The maximum Gasteiger partial charge on any atom is 0.248 e. The van der Waals surface area contributed by atoms with Crippen molar-refractivity contribution in [1.82, 2.24) is 5.32 Å². The van der Waals surface area contributed by atoms with Crippen LogP contribution in [0.4, 0.5) is 10.1 Å². The Labute approximate surface area is 123 Å². The van der Waals surface area contributed by atoms with Crippen LogP contribution in [0.15, 0.2) is 18.2 Å². The molecule has 1 unspecified atom stereocenters. The van der Waals surface area contributed by atoms with E-state index in [-0.39, 0.29) is 50.7 Å². The van der Waals surface area contributed by atoms with Crippen LogP contribution in [-0.2, 0) is 42.3 Å². The van der Waals surface area contributed by atoms with E-state index in [0.29, 0.717) is 6.42 Å². The van der Waals surface area contributed by atoms with Gasteiger partial charge in [-0.05, 0) is 12.1 Å². The van der Waals surface area contributed by atoms with E-state index in [1.54, 1.807) is 6.07 Å². The molecular weight excluding hydrogens is 300 g/mol. The molecule has 1 aromatic rings. The molecule has 1 aliphatic rings. The quantitative estimate of drug-likeness (QED) is 0.629. The van der Waals surface area contributed by atoms with Crippen LogP contribution < -0.4 is 10.6 Å². The molecule has 1 aliphatic heterocycles. The van der Waals surface area contributed by atoms with Gasteiger partial charge in [0.15, 0.2) is 0 Å². The Kier molecular flexibility index (Phi) is 5.21. The number of rotatable bonds is 2. The average Bonchev–Trinajstić information content (AvgIpc) is 2.25. The number of nitrogens with one attached hydrogen (secondary N) is 2. The van der Waals surface area contributed by atoms with Crippen molar-refractivity contribution in [2.45, 2.75) is 18.9 Å². The minimum absolute atomic E-state index is 0. The monoisotopic (exact) mass is 310 g/mol. The van der Waals surface area contributed by atoms with E-state index < -0.39 is 17.8 Å². The Morgan fingerprint density at radius 3 is 2.88 bits per heavy atom. The first-order valence-corrected chi connectivity index (χ1v) is 4.92. The van der Waals surface area contributed by atoms with Gasteiger partial charge in [0.2, 0.25) is 11.8 Å². The SMILES string of the molecule is O=C1CCC(Nc2cc[c-]cc2F)C(=O)N1.[Y]. The third-order valence-corrected chi connectivity index (χ3v) is 2.38. The first-order valence-electron chi connectivity index (χ1n) is 4.92. The van der Waals surface area contributed by atoms with Gasteiger partial charge in [0.1, 0.15) is 6.04 Å². The Morgan fingerprint density at radius 2 is 2.24 bits per heavy atom. The number of anilines is 1. The molecule has 2 N–H and O–H groups in total. The summed E-state index contributed by atoms with van der Waals surface area (Å²) in [5.41, 5.74) is 0.244. The Bertz CT molecular complexity index is 439. The number of imide groups is 1. The Hall–Kier alpha value is -0.806. The average molecular weight is 310 g/mol. The van der Waals surface area contributed by atoms with Gasteiger partial charge < -0.3 is 5.32 Å². The van der Waals surface area contributed by atoms with Gasteiger partial charge in [-0.15, -0.1) is 12.1 Å². The molecular formula is C11H10FN2O2Y-. The van der Waals surface area contributed by atoms with Crippen LogP contribution in [0.2, 0.25) is 0 Å². The van der Waals surface area contributed by atoms with Gasteiger partial charge in [-0.1, -0.05) is 0 Å². The van der Waals surface area contributed by atoms with Crippen molar-refractivity contribution in [2.75, 3.05) is 5.32 Å². The van der Waals surface area contributed by atoms with Crippen LogP contribution in [0.25, 0.3) is 0 Å². The molecule has 0 spiro atoms. The van der Waals surface area contributed by atoms with E-state index >= 15 is 0 Å². The summed E-state index contributed by atoms with van der Waals surface area (Å²) in [6.07, 6.45) is 0.646. The fourth-order valence-electron chi connectivity index (χ4n) is 1.55. The molecule has 87 valence electrons. The summed E-state index contributed by atoms with van der Waals surface area (Å²) in [7, 11) is 0. The first kappa shape index (κ1) is 14.3. The summed E-state index contributed by atoms with van der Waals surface area (Å²) in [4.78, 5) is 22.3. The Balaban J connectivity index is 0.00000144. The standard InChI is InChI=1S/C11H10FN2O2.Y/c12-7-3-1-2-4-8(7)13-9-5-6-10(15)14-11(9)16;/h2-4,9,13H,5-6H2,(H,14,15,16);/q-1;. The molecule has 2 amide bonds. The number of halogens is 1. The van der Waals surface area contributed by atoms with Crippen molar-refractivity contribution in [1.29, 1.82) is 0 Å².